The van der Waals surface area contributed by atoms with Crippen molar-refractivity contribution < 1.29 is 19.2 Å². The van der Waals surface area contributed by atoms with Crippen LogP contribution in [0.1, 0.15) is 43.4 Å². The van der Waals surface area contributed by atoms with Crippen LogP contribution in [0.4, 0.5) is 11.4 Å². The van der Waals surface area contributed by atoms with Crippen molar-refractivity contribution in [1.82, 2.24) is 15.6 Å². The number of carbonyl (C=O) groups excluding carboxylic acids is 4. The molecule has 0 radical (unpaired) electrons. The van der Waals surface area contributed by atoms with E-state index in [0.29, 0.717) is 24.3 Å². The molecule has 1 fully saturated rings. The zero-order valence-corrected chi connectivity index (χ0v) is 25.5. The van der Waals surface area contributed by atoms with Crippen molar-refractivity contribution in [3.05, 3.63) is 95.7 Å². The topological polar surface area (TPSA) is 141 Å². The summed E-state index contributed by atoms with van der Waals surface area (Å²) in [5, 5.41) is 6.73. The molecule has 3 aromatic carbocycles. The SMILES string of the molecule is CC(C)(N)C(=O)NC(Cc1c[nH]c2ccccc12)C(=O)NC1Cc2cccc(N3CCCC3=O)c2N(Cc2ccccc2)C1=O. The van der Waals surface area contributed by atoms with Gasteiger partial charge >= 0.3 is 0 Å². The molecule has 1 saturated heterocycles. The van der Waals surface area contributed by atoms with E-state index in [9.17, 15) is 19.2 Å². The van der Waals surface area contributed by atoms with E-state index in [2.05, 4.69) is 15.6 Å². The third kappa shape index (κ3) is 6.19. The van der Waals surface area contributed by atoms with E-state index in [0.717, 1.165) is 34.0 Å². The number of nitrogens with two attached hydrogens (primary N) is 1. The number of hydrogen-bond donors (Lipinski definition) is 4. The highest BCUT2D eigenvalue weighted by atomic mass is 16.2. The zero-order chi connectivity index (χ0) is 31.7. The van der Waals surface area contributed by atoms with Gasteiger partial charge in [-0.1, -0.05) is 60.7 Å². The van der Waals surface area contributed by atoms with Crippen LogP contribution in [0.3, 0.4) is 0 Å². The highest BCUT2D eigenvalue weighted by Crippen LogP contribution is 2.40. The second-order valence-corrected chi connectivity index (χ2v) is 12.4. The number of benzene rings is 3. The van der Waals surface area contributed by atoms with Crippen molar-refractivity contribution >= 4 is 45.9 Å². The van der Waals surface area contributed by atoms with Crippen LogP contribution in [-0.4, -0.2) is 52.8 Å². The smallest absolute Gasteiger partial charge is 0.250 e. The molecule has 2 aliphatic rings. The maximum atomic E-state index is 14.3. The van der Waals surface area contributed by atoms with Crippen LogP contribution in [0, 0.1) is 0 Å². The van der Waals surface area contributed by atoms with Gasteiger partial charge in [0.2, 0.25) is 23.6 Å². The number of anilines is 2. The molecule has 0 aliphatic carbocycles. The molecule has 0 spiro atoms. The molecule has 232 valence electrons. The summed E-state index contributed by atoms with van der Waals surface area (Å²) in [7, 11) is 0. The molecule has 3 heterocycles. The number of nitrogens with one attached hydrogen (secondary N) is 3. The third-order valence-corrected chi connectivity index (χ3v) is 8.53. The quantitative estimate of drug-likeness (QED) is 0.231. The van der Waals surface area contributed by atoms with Gasteiger partial charge < -0.3 is 31.2 Å². The predicted octanol–water partition coefficient (Wildman–Crippen LogP) is 3.33. The van der Waals surface area contributed by atoms with Gasteiger partial charge in [-0.05, 0) is 49.1 Å². The molecular formula is C35H38N6O4. The molecule has 0 saturated carbocycles. The molecule has 4 amide bonds. The maximum Gasteiger partial charge on any atom is 0.250 e. The number of para-hydroxylation sites is 2. The Morgan fingerprint density at radius 3 is 2.51 bits per heavy atom. The third-order valence-electron chi connectivity index (χ3n) is 8.53. The van der Waals surface area contributed by atoms with Gasteiger partial charge in [0.25, 0.3) is 0 Å². The van der Waals surface area contributed by atoms with Gasteiger partial charge in [-0.25, -0.2) is 0 Å². The number of H-pyrrole nitrogens is 1. The number of amides is 4. The largest absolute Gasteiger partial charge is 0.361 e. The first-order valence-corrected chi connectivity index (χ1v) is 15.3. The first-order chi connectivity index (χ1) is 21.6. The number of rotatable bonds is 9. The first kappa shape index (κ1) is 30.1. The maximum absolute atomic E-state index is 14.3. The van der Waals surface area contributed by atoms with Gasteiger partial charge in [-0.3, -0.25) is 19.2 Å². The van der Waals surface area contributed by atoms with Crippen LogP contribution in [0.5, 0.6) is 0 Å². The van der Waals surface area contributed by atoms with Crippen LogP contribution >= 0.6 is 0 Å². The molecule has 2 aliphatic heterocycles. The van der Waals surface area contributed by atoms with Gasteiger partial charge in [0.05, 0.1) is 23.5 Å². The average molecular weight is 607 g/mol. The van der Waals surface area contributed by atoms with E-state index < -0.39 is 29.4 Å². The normalized spacial score (nSPS) is 17.4. The van der Waals surface area contributed by atoms with Gasteiger partial charge in [0.15, 0.2) is 0 Å². The summed E-state index contributed by atoms with van der Waals surface area (Å²) in [6, 6.07) is 21.2. The molecule has 10 heteroatoms. The van der Waals surface area contributed by atoms with Crippen LogP contribution in [0.2, 0.25) is 0 Å². The summed E-state index contributed by atoms with van der Waals surface area (Å²) < 4.78 is 0. The van der Waals surface area contributed by atoms with Crippen molar-refractivity contribution in [2.75, 3.05) is 16.3 Å². The van der Waals surface area contributed by atoms with Gasteiger partial charge in [0, 0.05) is 42.9 Å². The Kier molecular flexibility index (Phi) is 8.16. The summed E-state index contributed by atoms with van der Waals surface area (Å²) in [5.74, 6) is -1.21. The van der Waals surface area contributed by atoms with Crippen molar-refractivity contribution in [1.29, 1.82) is 0 Å². The molecule has 1 aromatic heterocycles. The molecule has 6 rings (SSSR count). The Morgan fingerprint density at radius 2 is 1.78 bits per heavy atom. The number of carbonyl (C=O) groups is 4. The van der Waals surface area contributed by atoms with Crippen LogP contribution in [0.25, 0.3) is 10.9 Å². The zero-order valence-electron chi connectivity index (χ0n) is 25.5. The van der Waals surface area contributed by atoms with Crippen LogP contribution in [-0.2, 0) is 38.6 Å². The summed E-state index contributed by atoms with van der Waals surface area (Å²) in [5.41, 5.74) is 9.81. The van der Waals surface area contributed by atoms with E-state index in [4.69, 9.17) is 5.73 Å². The van der Waals surface area contributed by atoms with Crippen molar-refractivity contribution in [2.45, 2.75) is 63.7 Å². The highest BCUT2D eigenvalue weighted by molar-refractivity contribution is 6.08. The Bertz CT molecular complexity index is 1760. The summed E-state index contributed by atoms with van der Waals surface area (Å²) in [6.45, 7) is 4.02. The molecular weight excluding hydrogens is 568 g/mol. The molecule has 2 atom stereocenters. The molecule has 0 bridgehead atoms. The first-order valence-electron chi connectivity index (χ1n) is 15.3. The minimum Gasteiger partial charge on any atom is -0.361 e. The monoisotopic (exact) mass is 606 g/mol. The van der Waals surface area contributed by atoms with E-state index in [1.807, 2.05) is 79.0 Å². The molecule has 2 unspecified atom stereocenters. The van der Waals surface area contributed by atoms with E-state index in [1.165, 1.54) is 0 Å². The lowest BCUT2D eigenvalue weighted by atomic mass is 9.94. The minimum atomic E-state index is -1.21. The van der Waals surface area contributed by atoms with Crippen LogP contribution < -0.4 is 26.2 Å². The Morgan fingerprint density at radius 1 is 1.02 bits per heavy atom. The predicted molar refractivity (Wildman–Crippen MR) is 173 cm³/mol. The van der Waals surface area contributed by atoms with Gasteiger partial charge in [-0.2, -0.15) is 0 Å². The second-order valence-electron chi connectivity index (χ2n) is 12.4. The summed E-state index contributed by atoms with van der Waals surface area (Å²) in [4.78, 5) is 60.7. The highest BCUT2D eigenvalue weighted by Gasteiger charge is 2.39. The molecule has 45 heavy (non-hydrogen) atoms. The Balaban J connectivity index is 1.32. The number of aromatic amines is 1. The lowest BCUT2D eigenvalue weighted by Gasteiger charge is -2.38. The van der Waals surface area contributed by atoms with Crippen molar-refractivity contribution in [3.63, 3.8) is 0 Å². The van der Waals surface area contributed by atoms with E-state index in [-0.39, 0.29) is 31.2 Å². The molecule has 10 nitrogen and oxygen atoms in total. The Hall–Kier alpha value is -4.96. The molecule has 4 aromatic rings. The van der Waals surface area contributed by atoms with Gasteiger partial charge in [-0.15, -0.1) is 0 Å². The second kappa shape index (κ2) is 12.2. The fourth-order valence-corrected chi connectivity index (χ4v) is 6.16. The average Bonchev–Trinajstić information content (AvgIpc) is 3.64. The van der Waals surface area contributed by atoms with Gasteiger partial charge in [0.1, 0.15) is 12.1 Å². The summed E-state index contributed by atoms with van der Waals surface area (Å²) >= 11 is 0. The fourth-order valence-electron chi connectivity index (χ4n) is 6.16. The summed E-state index contributed by atoms with van der Waals surface area (Å²) in [6.07, 6.45) is 3.51. The van der Waals surface area contributed by atoms with Crippen LogP contribution in [0.15, 0.2) is 79.0 Å². The standard InChI is InChI=1S/C35H38N6O4/c1-35(2,36)34(45)39-27(19-24-20-37-26-14-7-6-13-25(24)26)32(43)38-28-18-23-12-8-15-29(40-17-9-16-30(40)42)31(23)41(33(28)44)21-22-10-4-3-5-11-22/h3-8,10-15,20,27-28,37H,9,16-19,21,36H2,1-2H3,(H,38,43)(H,39,45). The van der Waals surface area contributed by atoms with E-state index >= 15 is 0 Å². The number of hydrogen-bond acceptors (Lipinski definition) is 5. The Labute approximate surface area is 262 Å². The lowest BCUT2D eigenvalue weighted by Crippen LogP contribution is -2.60. The lowest BCUT2D eigenvalue weighted by molar-refractivity contribution is -0.133. The van der Waals surface area contributed by atoms with Crippen molar-refractivity contribution in [3.8, 4) is 0 Å². The van der Waals surface area contributed by atoms with Crippen molar-refractivity contribution in [2.24, 2.45) is 5.73 Å². The minimum absolute atomic E-state index is 0.0321. The van der Waals surface area contributed by atoms with E-state index in [1.54, 1.807) is 23.6 Å². The number of aromatic nitrogens is 1. The number of nitrogens with zero attached hydrogens (tertiary/aromatic N) is 2. The fraction of sp³-hybridized carbons (Fsp3) is 0.314. The number of fused-ring (bicyclic) bond motifs is 2. The molecule has 5 N–H and O–H groups in total.